The number of rotatable bonds is 5. The molecule has 2 aromatic rings. The molecule has 9 heteroatoms. The Morgan fingerprint density at radius 1 is 1.29 bits per heavy atom. The van der Waals surface area contributed by atoms with Crippen LogP contribution in [0.25, 0.3) is 0 Å². The van der Waals surface area contributed by atoms with Crippen LogP contribution in [-0.2, 0) is 6.54 Å². The van der Waals surface area contributed by atoms with Gasteiger partial charge in [0.1, 0.15) is 5.82 Å². The molecule has 0 radical (unpaired) electrons. The van der Waals surface area contributed by atoms with Gasteiger partial charge in [-0.2, -0.15) is 0 Å². The number of piperidine rings is 1. The van der Waals surface area contributed by atoms with E-state index >= 15 is 0 Å². The number of non-ortho nitro benzene ring substituents is 1. The molecule has 1 aromatic carbocycles. The second-order valence-electron chi connectivity index (χ2n) is 6.45. The molecule has 0 unspecified atom stereocenters. The highest BCUT2D eigenvalue weighted by Crippen LogP contribution is 2.17. The maximum atomic E-state index is 10.9. The fourth-order valence-corrected chi connectivity index (χ4v) is 3.15. The van der Waals surface area contributed by atoms with Crippen molar-refractivity contribution >= 4 is 41.4 Å². The van der Waals surface area contributed by atoms with Crippen molar-refractivity contribution in [1.29, 1.82) is 0 Å². The van der Waals surface area contributed by atoms with Crippen molar-refractivity contribution in [1.82, 2.24) is 15.6 Å². The number of hydrogen-bond donors (Lipinski definition) is 2. The van der Waals surface area contributed by atoms with Crippen molar-refractivity contribution in [2.24, 2.45) is 4.99 Å². The van der Waals surface area contributed by atoms with Gasteiger partial charge in [0.25, 0.3) is 5.69 Å². The van der Waals surface area contributed by atoms with Gasteiger partial charge in [0.15, 0.2) is 5.96 Å². The van der Waals surface area contributed by atoms with Crippen LogP contribution in [0.3, 0.4) is 0 Å². The van der Waals surface area contributed by atoms with E-state index in [2.05, 4.69) is 25.5 Å². The van der Waals surface area contributed by atoms with Crippen molar-refractivity contribution in [3.8, 4) is 0 Å². The van der Waals surface area contributed by atoms with Gasteiger partial charge in [0.05, 0.1) is 4.92 Å². The molecule has 28 heavy (non-hydrogen) atoms. The summed E-state index contributed by atoms with van der Waals surface area (Å²) in [7, 11) is 1.73. The summed E-state index contributed by atoms with van der Waals surface area (Å²) >= 11 is 0. The number of benzene rings is 1. The van der Waals surface area contributed by atoms with Crippen LogP contribution in [0.15, 0.2) is 53.7 Å². The van der Waals surface area contributed by atoms with E-state index in [1.807, 2.05) is 30.5 Å². The van der Waals surface area contributed by atoms with Gasteiger partial charge in [0, 0.05) is 51.1 Å². The summed E-state index contributed by atoms with van der Waals surface area (Å²) in [6, 6.07) is 12.9. The number of aromatic nitrogens is 1. The zero-order chi connectivity index (χ0) is 19.1. The number of halogens is 1. The molecule has 1 aliphatic heterocycles. The van der Waals surface area contributed by atoms with Gasteiger partial charge in [-0.15, -0.1) is 24.0 Å². The summed E-state index contributed by atoms with van der Waals surface area (Å²) in [4.78, 5) is 21.5. The second kappa shape index (κ2) is 10.8. The molecule has 150 valence electrons. The molecule has 0 aliphatic carbocycles. The lowest BCUT2D eigenvalue weighted by molar-refractivity contribution is -0.384. The predicted octanol–water partition coefficient (Wildman–Crippen LogP) is 2.94. The second-order valence-corrected chi connectivity index (χ2v) is 6.45. The van der Waals surface area contributed by atoms with Crippen LogP contribution in [0.5, 0.6) is 0 Å². The van der Waals surface area contributed by atoms with E-state index in [1.165, 1.54) is 6.07 Å². The van der Waals surface area contributed by atoms with E-state index in [0.717, 1.165) is 37.3 Å². The van der Waals surface area contributed by atoms with Gasteiger partial charge in [-0.05, 0) is 30.5 Å². The Balaban J connectivity index is 0.00000280. The first-order valence-electron chi connectivity index (χ1n) is 9.02. The predicted molar refractivity (Wildman–Crippen MR) is 121 cm³/mol. The standard InChI is InChI=1S/C19H24N6O2.HI/c1-20-19(22-14-15-5-4-6-17(13-15)25(26)27)23-16-8-11-24(12-9-16)18-7-2-3-10-21-18;/h2-7,10,13,16H,8-9,11-12,14H2,1H3,(H2,20,22,23);1H. The Morgan fingerprint density at radius 2 is 2.07 bits per heavy atom. The first-order valence-corrected chi connectivity index (χ1v) is 9.02. The van der Waals surface area contributed by atoms with E-state index in [4.69, 9.17) is 0 Å². The fourth-order valence-electron chi connectivity index (χ4n) is 3.15. The summed E-state index contributed by atoms with van der Waals surface area (Å²) in [5, 5.41) is 17.6. The maximum Gasteiger partial charge on any atom is 0.269 e. The number of aliphatic imine (C=N–C) groups is 1. The number of guanidine groups is 1. The largest absolute Gasteiger partial charge is 0.356 e. The minimum atomic E-state index is -0.383. The van der Waals surface area contributed by atoms with Crippen molar-refractivity contribution in [2.45, 2.75) is 25.4 Å². The first-order chi connectivity index (χ1) is 13.2. The third-order valence-electron chi connectivity index (χ3n) is 4.61. The molecule has 1 fully saturated rings. The summed E-state index contributed by atoms with van der Waals surface area (Å²) in [5.74, 6) is 1.72. The van der Waals surface area contributed by atoms with E-state index in [0.29, 0.717) is 18.5 Å². The van der Waals surface area contributed by atoms with Crippen LogP contribution in [0.1, 0.15) is 18.4 Å². The lowest BCUT2D eigenvalue weighted by atomic mass is 10.1. The molecule has 0 saturated carbocycles. The summed E-state index contributed by atoms with van der Waals surface area (Å²) in [6.45, 7) is 2.36. The molecule has 8 nitrogen and oxygen atoms in total. The molecule has 2 N–H and O–H groups in total. The van der Waals surface area contributed by atoms with Crippen LogP contribution >= 0.6 is 24.0 Å². The average Bonchev–Trinajstić information content (AvgIpc) is 2.72. The molecule has 0 atom stereocenters. The molecular weight excluding hydrogens is 471 g/mol. The van der Waals surface area contributed by atoms with Crippen molar-refractivity contribution in [3.05, 3.63) is 64.3 Å². The lowest BCUT2D eigenvalue weighted by Crippen LogP contribution is -2.48. The van der Waals surface area contributed by atoms with Gasteiger partial charge in [0.2, 0.25) is 0 Å². The Morgan fingerprint density at radius 3 is 2.71 bits per heavy atom. The van der Waals surface area contributed by atoms with Crippen LogP contribution in [0, 0.1) is 10.1 Å². The van der Waals surface area contributed by atoms with Gasteiger partial charge in [-0.3, -0.25) is 15.1 Å². The fraction of sp³-hybridized carbons (Fsp3) is 0.368. The maximum absolute atomic E-state index is 10.9. The number of nitrogens with one attached hydrogen (secondary N) is 2. The van der Waals surface area contributed by atoms with E-state index in [9.17, 15) is 10.1 Å². The summed E-state index contributed by atoms with van der Waals surface area (Å²) in [5.41, 5.74) is 0.941. The monoisotopic (exact) mass is 496 g/mol. The normalized spacial score (nSPS) is 14.9. The summed E-state index contributed by atoms with van der Waals surface area (Å²) in [6.07, 6.45) is 3.81. The molecule has 2 heterocycles. The van der Waals surface area contributed by atoms with Crippen molar-refractivity contribution in [2.75, 3.05) is 25.0 Å². The lowest BCUT2D eigenvalue weighted by Gasteiger charge is -2.33. The Kier molecular flexibility index (Phi) is 8.42. The number of hydrogen-bond acceptors (Lipinski definition) is 5. The number of nitro benzene ring substituents is 1. The molecule has 0 spiro atoms. The van der Waals surface area contributed by atoms with Gasteiger partial charge in [-0.1, -0.05) is 18.2 Å². The van der Waals surface area contributed by atoms with E-state index in [1.54, 1.807) is 19.2 Å². The van der Waals surface area contributed by atoms with Crippen LogP contribution < -0.4 is 15.5 Å². The third kappa shape index (κ3) is 6.04. The number of nitrogens with zero attached hydrogens (tertiary/aromatic N) is 4. The molecule has 0 bridgehead atoms. The van der Waals surface area contributed by atoms with Gasteiger partial charge in [-0.25, -0.2) is 4.98 Å². The van der Waals surface area contributed by atoms with E-state index in [-0.39, 0.29) is 34.6 Å². The molecular formula is C19H25IN6O2. The highest BCUT2D eigenvalue weighted by atomic mass is 127. The number of nitro groups is 1. The molecule has 3 rings (SSSR count). The van der Waals surface area contributed by atoms with Crippen LogP contribution in [-0.4, -0.2) is 42.0 Å². The highest BCUT2D eigenvalue weighted by molar-refractivity contribution is 14.0. The smallest absolute Gasteiger partial charge is 0.269 e. The van der Waals surface area contributed by atoms with Gasteiger partial charge >= 0.3 is 0 Å². The SMILES string of the molecule is CN=C(NCc1cccc([N+](=O)[O-])c1)NC1CCN(c2ccccn2)CC1.I. The highest BCUT2D eigenvalue weighted by Gasteiger charge is 2.20. The quantitative estimate of drug-likeness (QED) is 0.217. The summed E-state index contributed by atoms with van der Waals surface area (Å²) < 4.78 is 0. The van der Waals surface area contributed by atoms with Crippen molar-refractivity contribution in [3.63, 3.8) is 0 Å². The molecule has 1 aliphatic rings. The third-order valence-corrected chi connectivity index (χ3v) is 4.61. The minimum Gasteiger partial charge on any atom is -0.356 e. The van der Waals surface area contributed by atoms with Crippen LogP contribution in [0.4, 0.5) is 11.5 Å². The van der Waals surface area contributed by atoms with Crippen LogP contribution in [0.2, 0.25) is 0 Å². The zero-order valence-corrected chi connectivity index (χ0v) is 18.1. The number of anilines is 1. The Bertz CT molecular complexity index is 794. The average molecular weight is 496 g/mol. The minimum absolute atomic E-state index is 0. The van der Waals surface area contributed by atoms with Gasteiger partial charge < -0.3 is 15.5 Å². The molecule has 1 saturated heterocycles. The molecule has 1 aromatic heterocycles. The Labute approximate surface area is 181 Å². The molecule has 0 amide bonds. The van der Waals surface area contributed by atoms with Crippen molar-refractivity contribution < 1.29 is 4.92 Å². The first kappa shape index (κ1) is 21.9. The zero-order valence-electron chi connectivity index (χ0n) is 15.7. The Hall–Kier alpha value is -2.43. The number of pyridine rings is 1. The topological polar surface area (TPSA) is 95.7 Å². The van der Waals surface area contributed by atoms with E-state index < -0.39 is 0 Å².